The number of rotatable bonds is 7. The molecule has 0 fully saturated rings. The van der Waals surface area contributed by atoms with Crippen LogP contribution in [0, 0.1) is 10.1 Å². The number of nitro groups is 1. The fourth-order valence-electron chi connectivity index (χ4n) is 2.21. The van der Waals surface area contributed by atoms with Gasteiger partial charge in [-0.05, 0) is 12.1 Å². The summed E-state index contributed by atoms with van der Waals surface area (Å²) in [7, 11) is 1.05. The van der Waals surface area contributed by atoms with Crippen molar-refractivity contribution in [2.45, 2.75) is 17.2 Å². The standard InChI is InChI=1S/C16H13F2N3O6S/c1-27-15(24)9-6-11(21(25)26)14(23)20(7-9)8-13(22)19-10-4-2-3-5-12(10)28-16(17)18/h2-7,16H,8H2,1H3,(H,19,22). The minimum Gasteiger partial charge on any atom is -0.465 e. The van der Waals surface area contributed by atoms with Crippen LogP contribution in [-0.2, 0) is 16.1 Å². The number of nitrogens with zero attached hydrogens (tertiary/aromatic N) is 2. The van der Waals surface area contributed by atoms with Crippen molar-refractivity contribution in [3.05, 3.63) is 62.6 Å². The van der Waals surface area contributed by atoms with Gasteiger partial charge in [0.25, 0.3) is 5.76 Å². The molecular weight excluding hydrogens is 400 g/mol. The maximum atomic E-state index is 12.6. The summed E-state index contributed by atoms with van der Waals surface area (Å²) in [5.74, 6) is -4.45. The van der Waals surface area contributed by atoms with Crippen molar-refractivity contribution in [2.24, 2.45) is 0 Å². The number of carbonyl (C=O) groups excluding carboxylic acids is 2. The second-order valence-corrected chi connectivity index (χ2v) is 6.25. The largest absolute Gasteiger partial charge is 0.465 e. The van der Waals surface area contributed by atoms with E-state index in [-0.39, 0.29) is 27.9 Å². The molecule has 0 atom stereocenters. The van der Waals surface area contributed by atoms with Gasteiger partial charge in [0.1, 0.15) is 6.54 Å². The maximum absolute atomic E-state index is 12.6. The number of esters is 1. The first-order chi connectivity index (χ1) is 13.2. The summed E-state index contributed by atoms with van der Waals surface area (Å²) in [5.41, 5.74) is -2.23. The van der Waals surface area contributed by atoms with E-state index in [1.807, 2.05) is 0 Å². The van der Waals surface area contributed by atoms with Crippen LogP contribution in [0.4, 0.5) is 20.2 Å². The van der Waals surface area contributed by atoms with Crippen molar-refractivity contribution in [1.29, 1.82) is 0 Å². The Morgan fingerprint density at radius 1 is 1.36 bits per heavy atom. The Balaban J connectivity index is 2.32. The van der Waals surface area contributed by atoms with Crippen LogP contribution in [0.5, 0.6) is 0 Å². The van der Waals surface area contributed by atoms with Gasteiger partial charge >= 0.3 is 17.2 Å². The number of carbonyl (C=O) groups is 2. The van der Waals surface area contributed by atoms with Gasteiger partial charge in [0, 0.05) is 17.2 Å². The second-order valence-electron chi connectivity index (χ2n) is 5.22. The molecule has 0 saturated carbocycles. The normalized spacial score (nSPS) is 10.6. The molecular formula is C16H13F2N3O6S. The molecule has 2 aromatic rings. The number of hydrogen-bond acceptors (Lipinski definition) is 7. The molecule has 0 spiro atoms. The van der Waals surface area contributed by atoms with E-state index in [1.165, 1.54) is 24.3 Å². The van der Waals surface area contributed by atoms with Crippen LogP contribution < -0.4 is 10.9 Å². The van der Waals surface area contributed by atoms with E-state index in [9.17, 15) is 33.3 Å². The van der Waals surface area contributed by atoms with E-state index >= 15 is 0 Å². The number of hydrogen-bond donors (Lipinski definition) is 1. The van der Waals surface area contributed by atoms with E-state index < -0.39 is 40.3 Å². The van der Waals surface area contributed by atoms with Crippen LogP contribution in [0.25, 0.3) is 0 Å². The third-order valence-electron chi connectivity index (χ3n) is 3.38. The van der Waals surface area contributed by atoms with Gasteiger partial charge in [-0.2, -0.15) is 8.78 Å². The predicted molar refractivity (Wildman–Crippen MR) is 95.6 cm³/mol. The van der Waals surface area contributed by atoms with Crippen molar-refractivity contribution in [3.8, 4) is 0 Å². The topological polar surface area (TPSA) is 121 Å². The van der Waals surface area contributed by atoms with Crippen molar-refractivity contribution >= 4 is 35.0 Å². The summed E-state index contributed by atoms with van der Waals surface area (Å²) in [5, 5.41) is 13.4. The fraction of sp³-hybridized carbons (Fsp3) is 0.188. The molecule has 148 valence electrons. The van der Waals surface area contributed by atoms with Crippen LogP contribution in [0.2, 0.25) is 0 Å². The summed E-state index contributed by atoms with van der Waals surface area (Å²) in [6.07, 6.45) is 0.945. The predicted octanol–water partition coefficient (Wildman–Crippen LogP) is 2.50. The minimum absolute atomic E-state index is 0.0875. The summed E-state index contributed by atoms with van der Waals surface area (Å²) in [6.45, 7) is -0.682. The highest BCUT2D eigenvalue weighted by Gasteiger charge is 2.21. The summed E-state index contributed by atoms with van der Waals surface area (Å²) < 4.78 is 30.4. The van der Waals surface area contributed by atoms with Gasteiger partial charge in [0.15, 0.2) is 0 Å². The monoisotopic (exact) mass is 413 g/mol. The molecule has 0 aliphatic heterocycles. The van der Waals surface area contributed by atoms with Gasteiger partial charge in [-0.25, -0.2) is 4.79 Å². The lowest BCUT2D eigenvalue weighted by Crippen LogP contribution is -2.29. The van der Waals surface area contributed by atoms with Crippen molar-refractivity contribution in [3.63, 3.8) is 0 Å². The number of thioether (sulfide) groups is 1. The molecule has 1 aromatic heterocycles. The lowest BCUT2D eigenvalue weighted by Gasteiger charge is -2.11. The Morgan fingerprint density at radius 3 is 2.64 bits per heavy atom. The molecule has 0 aliphatic rings. The highest BCUT2D eigenvalue weighted by Crippen LogP contribution is 2.31. The van der Waals surface area contributed by atoms with Crippen LogP contribution in [0.1, 0.15) is 10.4 Å². The third kappa shape index (κ3) is 5.13. The zero-order valence-corrected chi connectivity index (χ0v) is 15.1. The first kappa shape index (κ1) is 21.0. The van der Waals surface area contributed by atoms with E-state index in [1.54, 1.807) is 0 Å². The van der Waals surface area contributed by atoms with Gasteiger partial charge in [0.2, 0.25) is 5.91 Å². The zero-order chi connectivity index (χ0) is 20.8. The number of methoxy groups -OCH3 is 1. The van der Waals surface area contributed by atoms with Crippen LogP contribution in [-0.4, -0.2) is 34.2 Å². The molecule has 9 nitrogen and oxygen atoms in total. The van der Waals surface area contributed by atoms with E-state index in [2.05, 4.69) is 10.1 Å². The number of aromatic nitrogens is 1. The summed E-state index contributed by atoms with van der Waals surface area (Å²) in [4.78, 5) is 46.2. The molecule has 1 aromatic carbocycles. The van der Waals surface area contributed by atoms with Crippen molar-refractivity contribution in [2.75, 3.05) is 12.4 Å². The van der Waals surface area contributed by atoms with E-state index in [0.29, 0.717) is 4.57 Å². The van der Waals surface area contributed by atoms with Gasteiger partial charge < -0.3 is 10.1 Å². The molecule has 0 aliphatic carbocycles. The van der Waals surface area contributed by atoms with E-state index in [0.717, 1.165) is 19.4 Å². The molecule has 12 heteroatoms. The number of alkyl halides is 2. The van der Waals surface area contributed by atoms with Gasteiger partial charge in [0.05, 0.1) is 23.3 Å². The molecule has 0 unspecified atom stereocenters. The number of ether oxygens (including phenoxy) is 1. The average molecular weight is 413 g/mol. The number of anilines is 1. The van der Waals surface area contributed by atoms with Gasteiger partial charge in [-0.15, -0.1) is 0 Å². The number of pyridine rings is 1. The number of para-hydroxylation sites is 1. The number of amides is 1. The number of nitrogens with one attached hydrogen (secondary N) is 1. The number of benzene rings is 1. The number of halogens is 2. The quantitative estimate of drug-likeness (QED) is 0.320. The average Bonchev–Trinajstić information content (AvgIpc) is 2.63. The molecule has 1 N–H and O–H groups in total. The molecule has 1 heterocycles. The Hall–Kier alpha value is -3.28. The third-order valence-corrected chi connectivity index (χ3v) is 4.16. The van der Waals surface area contributed by atoms with Crippen LogP contribution in [0.15, 0.2) is 46.2 Å². The lowest BCUT2D eigenvalue weighted by atomic mass is 10.2. The Bertz CT molecular complexity index is 979. The molecule has 2 rings (SSSR count). The maximum Gasteiger partial charge on any atom is 0.339 e. The summed E-state index contributed by atoms with van der Waals surface area (Å²) >= 11 is 0.225. The van der Waals surface area contributed by atoms with Gasteiger partial charge in [-0.3, -0.25) is 24.3 Å². The summed E-state index contributed by atoms with van der Waals surface area (Å²) in [6, 6.07) is 6.53. The van der Waals surface area contributed by atoms with Crippen molar-refractivity contribution in [1.82, 2.24) is 4.57 Å². The SMILES string of the molecule is COC(=O)c1cc([N+](=O)[O-])c(=O)n(CC(=O)Nc2ccccc2SC(F)F)c1. The molecule has 0 radical (unpaired) electrons. The van der Waals surface area contributed by atoms with Crippen LogP contribution >= 0.6 is 11.8 Å². The molecule has 28 heavy (non-hydrogen) atoms. The first-order valence-corrected chi connectivity index (χ1v) is 8.41. The first-order valence-electron chi connectivity index (χ1n) is 7.53. The van der Waals surface area contributed by atoms with E-state index in [4.69, 9.17) is 0 Å². The smallest absolute Gasteiger partial charge is 0.339 e. The minimum atomic E-state index is -2.71. The second kappa shape index (κ2) is 9.08. The highest BCUT2D eigenvalue weighted by molar-refractivity contribution is 7.99. The Labute approximate surface area is 160 Å². The Morgan fingerprint density at radius 2 is 2.04 bits per heavy atom. The zero-order valence-electron chi connectivity index (χ0n) is 14.3. The fourth-order valence-corrected chi connectivity index (χ4v) is 2.81. The molecule has 0 saturated heterocycles. The lowest BCUT2D eigenvalue weighted by molar-refractivity contribution is -0.386. The highest BCUT2D eigenvalue weighted by atomic mass is 32.2. The van der Waals surface area contributed by atoms with Gasteiger partial charge in [-0.1, -0.05) is 23.9 Å². The molecule has 0 bridgehead atoms. The Kier molecular flexibility index (Phi) is 6.82. The molecule has 1 amide bonds. The van der Waals surface area contributed by atoms with Crippen LogP contribution in [0.3, 0.4) is 0 Å². The van der Waals surface area contributed by atoms with Crippen molar-refractivity contribution < 1.29 is 28.0 Å².